The van der Waals surface area contributed by atoms with Gasteiger partial charge in [-0.05, 0) is 36.6 Å². The molecule has 0 N–H and O–H groups in total. The molecule has 0 aliphatic heterocycles. The Kier molecular flexibility index (Phi) is 4.53. The van der Waals surface area contributed by atoms with E-state index in [-0.39, 0.29) is 0 Å². The molecule has 1 aromatic carbocycles. The Bertz CT molecular complexity index is 445. The van der Waals surface area contributed by atoms with E-state index < -0.39 is 0 Å². The number of hydrogen-bond donors (Lipinski definition) is 0. The van der Waals surface area contributed by atoms with Crippen LogP contribution >= 0.6 is 0 Å². The van der Waals surface area contributed by atoms with E-state index >= 15 is 0 Å². The SMILES string of the molecule is C=C/C=C(\C=C/C)c1cccc(C(=C)C)c1. The number of benzene rings is 1. The molecule has 0 heteroatoms. The maximum Gasteiger partial charge on any atom is -0.0178 e. The highest BCUT2D eigenvalue weighted by molar-refractivity contribution is 5.77. The number of allylic oxidation sites excluding steroid dienone is 6. The third-order valence-corrected chi connectivity index (χ3v) is 2.33. The normalized spacial score (nSPS) is 11.8. The Balaban J connectivity index is 3.20. The molecule has 0 atom stereocenters. The van der Waals surface area contributed by atoms with E-state index in [0.29, 0.717) is 0 Å². The third kappa shape index (κ3) is 3.09. The lowest BCUT2D eigenvalue weighted by Gasteiger charge is -2.05. The molecular weight excluding hydrogens is 192 g/mol. The first kappa shape index (κ1) is 12.3. The van der Waals surface area contributed by atoms with Gasteiger partial charge in [0.1, 0.15) is 0 Å². The smallest absolute Gasteiger partial charge is 0.0178 e. The van der Waals surface area contributed by atoms with Crippen molar-refractivity contribution in [2.45, 2.75) is 13.8 Å². The summed E-state index contributed by atoms with van der Waals surface area (Å²) >= 11 is 0. The van der Waals surface area contributed by atoms with Gasteiger partial charge in [0.2, 0.25) is 0 Å². The molecule has 0 amide bonds. The number of rotatable bonds is 4. The van der Waals surface area contributed by atoms with Gasteiger partial charge in [0.15, 0.2) is 0 Å². The molecule has 0 radical (unpaired) electrons. The van der Waals surface area contributed by atoms with Gasteiger partial charge in [-0.25, -0.2) is 0 Å². The van der Waals surface area contributed by atoms with Gasteiger partial charge < -0.3 is 0 Å². The molecule has 0 bridgehead atoms. The van der Waals surface area contributed by atoms with Crippen LogP contribution in [0.3, 0.4) is 0 Å². The molecule has 0 spiro atoms. The molecule has 0 saturated heterocycles. The van der Waals surface area contributed by atoms with Crippen LogP contribution in [-0.2, 0) is 0 Å². The second-order valence-electron chi connectivity index (χ2n) is 3.72. The highest BCUT2D eigenvalue weighted by atomic mass is 14.0. The fourth-order valence-corrected chi connectivity index (χ4v) is 1.52. The molecule has 0 aliphatic rings. The lowest BCUT2D eigenvalue weighted by atomic mass is 10.00. The molecule has 0 saturated carbocycles. The van der Waals surface area contributed by atoms with Gasteiger partial charge in [-0.2, -0.15) is 0 Å². The largest absolute Gasteiger partial charge is 0.0990 e. The molecule has 0 fully saturated rings. The van der Waals surface area contributed by atoms with E-state index in [2.05, 4.69) is 43.5 Å². The lowest BCUT2D eigenvalue weighted by molar-refractivity contribution is 1.53. The first-order valence-electron chi connectivity index (χ1n) is 5.40. The minimum absolute atomic E-state index is 1.08. The lowest BCUT2D eigenvalue weighted by Crippen LogP contribution is -1.84. The minimum Gasteiger partial charge on any atom is -0.0990 e. The Morgan fingerprint density at radius 1 is 1.25 bits per heavy atom. The maximum absolute atomic E-state index is 3.96. The second kappa shape index (κ2) is 5.92. The van der Waals surface area contributed by atoms with Gasteiger partial charge >= 0.3 is 0 Å². The van der Waals surface area contributed by atoms with E-state index in [0.717, 1.165) is 5.57 Å². The van der Waals surface area contributed by atoms with Crippen molar-refractivity contribution < 1.29 is 0 Å². The molecule has 0 heterocycles. The van der Waals surface area contributed by atoms with Gasteiger partial charge in [0, 0.05) is 0 Å². The Hall–Kier alpha value is -1.82. The Morgan fingerprint density at radius 3 is 2.50 bits per heavy atom. The van der Waals surface area contributed by atoms with Crippen molar-refractivity contribution >= 4 is 11.1 Å². The van der Waals surface area contributed by atoms with Crippen LogP contribution in [0.15, 0.2) is 61.7 Å². The summed E-state index contributed by atoms with van der Waals surface area (Å²) in [5.74, 6) is 0. The minimum atomic E-state index is 1.08. The molecule has 1 aromatic rings. The zero-order valence-electron chi connectivity index (χ0n) is 10.0. The maximum atomic E-state index is 3.96. The van der Waals surface area contributed by atoms with Crippen molar-refractivity contribution in [2.24, 2.45) is 0 Å². The quantitative estimate of drug-likeness (QED) is 0.622. The van der Waals surface area contributed by atoms with Crippen LogP contribution in [-0.4, -0.2) is 0 Å². The van der Waals surface area contributed by atoms with Crippen LogP contribution in [0.25, 0.3) is 11.1 Å². The zero-order chi connectivity index (χ0) is 12.0. The van der Waals surface area contributed by atoms with Crippen LogP contribution in [0, 0.1) is 0 Å². The van der Waals surface area contributed by atoms with Gasteiger partial charge in [-0.3, -0.25) is 0 Å². The predicted octanol–water partition coefficient (Wildman–Crippen LogP) is 4.87. The summed E-state index contributed by atoms with van der Waals surface area (Å²) in [5, 5.41) is 0. The van der Waals surface area contributed by atoms with Crippen molar-refractivity contribution in [1.82, 2.24) is 0 Å². The standard InChI is InChI=1S/C16H18/c1-5-8-14(9-6-2)16-11-7-10-15(12-16)13(3)4/h5-12H,1,3H2,2,4H3/b9-6-,14-8+. The first-order chi connectivity index (χ1) is 7.69. The van der Waals surface area contributed by atoms with Gasteiger partial charge in [0.05, 0.1) is 0 Å². The van der Waals surface area contributed by atoms with E-state index in [4.69, 9.17) is 0 Å². The summed E-state index contributed by atoms with van der Waals surface area (Å²) in [6, 6.07) is 8.38. The van der Waals surface area contributed by atoms with Crippen LogP contribution in [0.4, 0.5) is 0 Å². The fraction of sp³-hybridized carbons (Fsp3) is 0.125. The van der Waals surface area contributed by atoms with Crippen molar-refractivity contribution in [2.75, 3.05) is 0 Å². The summed E-state index contributed by atoms with van der Waals surface area (Å²) < 4.78 is 0. The van der Waals surface area contributed by atoms with Crippen LogP contribution in [0.5, 0.6) is 0 Å². The summed E-state index contributed by atoms with van der Waals surface area (Å²) in [7, 11) is 0. The van der Waals surface area contributed by atoms with Crippen LogP contribution in [0.2, 0.25) is 0 Å². The monoisotopic (exact) mass is 210 g/mol. The summed E-state index contributed by atoms with van der Waals surface area (Å²) in [6.07, 6.45) is 7.93. The van der Waals surface area contributed by atoms with E-state index in [1.807, 2.05) is 32.1 Å². The van der Waals surface area contributed by atoms with Crippen molar-refractivity contribution in [3.63, 3.8) is 0 Å². The summed E-state index contributed by atoms with van der Waals surface area (Å²) in [4.78, 5) is 0. The van der Waals surface area contributed by atoms with Crippen molar-refractivity contribution in [3.05, 3.63) is 72.9 Å². The highest BCUT2D eigenvalue weighted by Crippen LogP contribution is 2.20. The molecule has 0 aromatic heterocycles. The van der Waals surface area contributed by atoms with Crippen molar-refractivity contribution in [1.29, 1.82) is 0 Å². The first-order valence-corrected chi connectivity index (χ1v) is 5.40. The summed E-state index contributed by atoms with van der Waals surface area (Å²) in [5.41, 5.74) is 4.62. The van der Waals surface area contributed by atoms with E-state index in [1.54, 1.807) is 0 Å². The van der Waals surface area contributed by atoms with Crippen LogP contribution in [0.1, 0.15) is 25.0 Å². The Labute approximate surface area is 98.3 Å². The topological polar surface area (TPSA) is 0 Å². The average molecular weight is 210 g/mol. The zero-order valence-corrected chi connectivity index (χ0v) is 10.0. The molecule has 0 aliphatic carbocycles. The van der Waals surface area contributed by atoms with Crippen molar-refractivity contribution in [3.8, 4) is 0 Å². The Morgan fingerprint density at radius 2 is 1.94 bits per heavy atom. The molecule has 0 nitrogen and oxygen atoms in total. The number of hydrogen-bond acceptors (Lipinski definition) is 0. The summed E-state index contributed by atoms with van der Waals surface area (Å²) in [6.45, 7) is 11.7. The third-order valence-electron chi connectivity index (χ3n) is 2.33. The van der Waals surface area contributed by atoms with E-state index in [1.165, 1.54) is 16.7 Å². The second-order valence-corrected chi connectivity index (χ2v) is 3.72. The molecule has 1 rings (SSSR count). The van der Waals surface area contributed by atoms with Gasteiger partial charge in [-0.15, -0.1) is 0 Å². The van der Waals surface area contributed by atoms with Gasteiger partial charge in [-0.1, -0.05) is 61.2 Å². The fourth-order valence-electron chi connectivity index (χ4n) is 1.52. The highest BCUT2D eigenvalue weighted by Gasteiger charge is 1.99. The van der Waals surface area contributed by atoms with Crippen LogP contribution < -0.4 is 0 Å². The molecular formula is C16H18. The molecule has 16 heavy (non-hydrogen) atoms. The van der Waals surface area contributed by atoms with Gasteiger partial charge in [0.25, 0.3) is 0 Å². The molecule has 0 unspecified atom stereocenters. The van der Waals surface area contributed by atoms with E-state index in [9.17, 15) is 0 Å². The average Bonchev–Trinajstić information content (AvgIpc) is 2.29. The predicted molar refractivity (Wildman–Crippen MR) is 74.1 cm³/mol. The molecule has 82 valence electrons.